The lowest BCUT2D eigenvalue weighted by Crippen LogP contribution is -2.43. The van der Waals surface area contributed by atoms with Crippen molar-refractivity contribution < 1.29 is 4.79 Å². The Morgan fingerprint density at radius 2 is 1.96 bits per heavy atom. The molecule has 0 spiro atoms. The fraction of sp³-hybridized carbons (Fsp3) is 0.294. The molecule has 0 saturated carbocycles. The second-order valence-electron chi connectivity index (χ2n) is 6.22. The molecule has 0 unspecified atom stereocenters. The van der Waals surface area contributed by atoms with Crippen LogP contribution in [-0.4, -0.2) is 24.6 Å². The lowest BCUT2D eigenvalue weighted by atomic mass is 10.1. The summed E-state index contributed by atoms with van der Waals surface area (Å²) in [4.78, 5) is 41.6. The first-order valence-electron chi connectivity index (χ1n) is 8.06. The van der Waals surface area contributed by atoms with Gasteiger partial charge >= 0.3 is 5.69 Å². The molecule has 8 nitrogen and oxygen atoms in total. The molecule has 10 heteroatoms. The van der Waals surface area contributed by atoms with Gasteiger partial charge in [0.05, 0.1) is 12.4 Å². The number of hydrogen-bond donors (Lipinski definition) is 1. The lowest BCUT2D eigenvalue weighted by Gasteiger charge is -2.16. The Morgan fingerprint density at radius 1 is 1.26 bits per heavy atom. The summed E-state index contributed by atoms with van der Waals surface area (Å²) in [5, 5.41) is 3.64. The molecule has 0 fully saturated rings. The van der Waals surface area contributed by atoms with E-state index in [4.69, 9.17) is 23.2 Å². The number of halogens is 2. The van der Waals surface area contributed by atoms with E-state index in [1.807, 2.05) is 0 Å². The molecule has 0 aliphatic heterocycles. The van der Waals surface area contributed by atoms with E-state index in [0.29, 0.717) is 15.6 Å². The molecule has 2 heterocycles. The molecule has 2 aromatic heterocycles. The average molecular weight is 410 g/mol. The monoisotopic (exact) mass is 409 g/mol. The van der Waals surface area contributed by atoms with Crippen molar-refractivity contribution in [2.45, 2.75) is 19.5 Å². The van der Waals surface area contributed by atoms with Crippen LogP contribution in [0.15, 0.2) is 34.1 Å². The van der Waals surface area contributed by atoms with Crippen molar-refractivity contribution in [3.8, 4) is 0 Å². The number of benzene rings is 1. The number of imidazole rings is 1. The van der Waals surface area contributed by atoms with Gasteiger partial charge in [0.25, 0.3) is 5.56 Å². The third-order valence-electron chi connectivity index (χ3n) is 4.31. The molecular weight excluding hydrogens is 393 g/mol. The fourth-order valence-corrected chi connectivity index (χ4v) is 3.47. The number of amides is 1. The zero-order valence-corrected chi connectivity index (χ0v) is 16.4. The summed E-state index contributed by atoms with van der Waals surface area (Å²) in [6, 6.07) is 4.53. The number of carbonyl (C=O) groups is 1. The van der Waals surface area contributed by atoms with Crippen molar-refractivity contribution >= 4 is 40.3 Å². The van der Waals surface area contributed by atoms with Gasteiger partial charge in [-0.15, -0.1) is 0 Å². The van der Waals surface area contributed by atoms with Gasteiger partial charge in [0.1, 0.15) is 6.54 Å². The largest absolute Gasteiger partial charge is 0.348 e. The van der Waals surface area contributed by atoms with Crippen LogP contribution in [0.4, 0.5) is 0 Å². The van der Waals surface area contributed by atoms with E-state index in [2.05, 4.69) is 10.3 Å². The predicted molar refractivity (Wildman–Crippen MR) is 103 cm³/mol. The molecule has 3 rings (SSSR count). The fourth-order valence-electron chi connectivity index (χ4n) is 2.90. The van der Waals surface area contributed by atoms with Crippen LogP contribution in [0.5, 0.6) is 0 Å². The minimum absolute atomic E-state index is 0.249. The Morgan fingerprint density at radius 3 is 2.63 bits per heavy atom. The molecule has 1 atom stereocenters. The summed E-state index contributed by atoms with van der Waals surface area (Å²) < 4.78 is 3.64. The first kappa shape index (κ1) is 19.2. The minimum atomic E-state index is -0.612. The van der Waals surface area contributed by atoms with Gasteiger partial charge in [-0.3, -0.25) is 14.2 Å². The Hall–Kier alpha value is -2.58. The standard InChI is InChI=1S/C17H17Cl2N5O3/c1-9(11-5-4-10(18)6-12(11)19)21-13(25)7-24-16(26)14-15(20-8-22(14)2)23(3)17(24)27/h4-6,8-9H,7H2,1-3H3,(H,21,25)/t9-/m1/s1. The van der Waals surface area contributed by atoms with Crippen LogP contribution in [0, 0.1) is 0 Å². The summed E-state index contributed by atoms with van der Waals surface area (Å²) in [6.45, 7) is 1.33. The first-order chi connectivity index (χ1) is 12.7. The van der Waals surface area contributed by atoms with Crippen molar-refractivity contribution in [3.05, 3.63) is 61.0 Å². The van der Waals surface area contributed by atoms with Gasteiger partial charge in [-0.05, 0) is 24.6 Å². The molecule has 1 amide bonds. The Bertz CT molecular complexity index is 1160. The van der Waals surface area contributed by atoms with E-state index in [-0.39, 0.29) is 11.2 Å². The quantitative estimate of drug-likeness (QED) is 0.708. The molecule has 0 radical (unpaired) electrons. The van der Waals surface area contributed by atoms with E-state index in [9.17, 15) is 14.4 Å². The highest BCUT2D eigenvalue weighted by molar-refractivity contribution is 6.35. The van der Waals surface area contributed by atoms with Crippen LogP contribution in [0.2, 0.25) is 10.0 Å². The molecule has 0 aliphatic carbocycles. The highest BCUT2D eigenvalue weighted by Gasteiger charge is 2.18. The van der Waals surface area contributed by atoms with Gasteiger partial charge < -0.3 is 9.88 Å². The smallest absolute Gasteiger partial charge is 0.332 e. The molecule has 27 heavy (non-hydrogen) atoms. The molecule has 3 aromatic rings. The van der Waals surface area contributed by atoms with Crippen LogP contribution in [0.3, 0.4) is 0 Å². The Kier molecular flexibility index (Phi) is 5.12. The molecule has 142 valence electrons. The molecule has 0 bridgehead atoms. The van der Waals surface area contributed by atoms with Gasteiger partial charge in [0.2, 0.25) is 5.91 Å². The Balaban J connectivity index is 1.89. The maximum absolute atomic E-state index is 12.6. The second kappa shape index (κ2) is 7.21. The van der Waals surface area contributed by atoms with Gasteiger partial charge in [-0.1, -0.05) is 29.3 Å². The topological polar surface area (TPSA) is 90.9 Å². The number of fused-ring (bicyclic) bond motifs is 1. The number of aromatic nitrogens is 4. The molecule has 1 aromatic carbocycles. The zero-order chi connectivity index (χ0) is 19.9. The van der Waals surface area contributed by atoms with Crippen molar-refractivity contribution in [3.63, 3.8) is 0 Å². The van der Waals surface area contributed by atoms with Crippen molar-refractivity contribution in [2.24, 2.45) is 14.1 Å². The number of nitrogens with one attached hydrogen (secondary N) is 1. The third-order valence-corrected chi connectivity index (χ3v) is 4.87. The highest BCUT2D eigenvalue weighted by Crippen LogP contribution is 2.25. The van der Waals surface area contributed by atoms with Crippen LogP contribution in [0.1, 0.15) is 18.5 Å². The Labute approximate surface area is 163 Å². The van der Waals surface area contributed by atoms with E-state index < -0.39 is 29.7 Å². The first-order valence-corrected chi connectivity index (χ1v) is 8.81. The van der Waals surface area contributed by atoms with Crippen LogP contribution in [0.25, 0.3) is 11.2 Å². The van der Waals surface area contributed by atoms with Crippen LogP contribution < -0.4 is 16.6 Å². The number of aryl methyl sites for hydroxylation is 2. The normalized spacial score (nSPS) is 12.3. The predicted octanol–water partition coefficient (Wildman–Crippen LogP) is 1.62. The van der Waals surface area contributed by atoms with Gasteiger partial charge in [0, 0.05) is 24.1 Å². The molecule has 0 aliphatic rings. The molecular formula is C17H17Cl2N5O3. The van der Waals surface area contributed by atoms with Gasteiger partial charge in [-0.2, -0.15) is 0 Å². The number of hydrogen-bond acceptors (Lipinski definition) is 4. The van der Waals surface area contributed by atoms with E-state index in [1.54, 1.807) is 32.2 Å². The number of nitrogens with zero attached hydrogens (tertiary/aromatic N) is 4. The van der Waals surface area contributed by atoms with Gasteiger partial charge in [-0.25, -0.2) is 14.3 Å². The van der Waals surface area contributed by atoms with Crippen molar-refractivity contribution in [1.82, 2.24) is 24.0 Å². The minimum Gasteiger partial charge on any atom is -0.348 e. The molecule has 1 N–H and O–H groups in total. The van der Waals surface area contributed by atoms with Crippen molar-refractivity contribution in [1.29, 1.82) is 0 Å². The van der Waals surface area contributed by atoms with Gasteiger partial charge in [0.15, 0.2) is 11.2 Å². The number of rotatable bonds is 4. The zero-order valence-electron chi connectivity index (χ0n) is 14.9. The van der Waals surface area contributed by atoms with Crippen LogP contribution >= 0.6 is 23.2 Å². The highest BCUT2D eigenvalue weighted by atomic mass is 35.5. The maximum Gasteiger partial charge on any atom is 0.332 e. The summed E-state index contributed by atoms with van der Waals surface area (Å²) in [7, 11) is 3.15. The second-order valence-corrected chi connectivity index (χ2v) is 7.06. The summed E-state index contributed by atoms with van der Waals surface area (Å²) in [6.07, 6.45) is 1.44. The lowest BCUT2D eigenvalue weighted by molar-refractivity contribution is -0.122. The van der Waals surface area contributed by atoms with E-state index >= 15 is 0 Å². The SMILES string of the molecule is C[C@@H](NC(=O)Cn1c(=O)c2c(ncn2C)n(C)c1=O)c1ccc(Cl)cc1Cl. The van der Waals surface area contributed by atoms with Crippen LogP contribution in [-0.2, 0) is 25.4 Å². The van der Waals surface area contributed by atoms with Crippen molar-refractivity contribution in [2.75, 3.05) is 0 Å². The summed E-state index contributed by atoms with van der Waals surface area (Å²) in [5.41, 5.74) is 0.0138. The summed E-state index contributed by atoms with van der Waals surface area (Å²) >= 11 is 12.0. The maximum atomic E-state index is 12.6. The average Bonchev–Trinajstić information content (AvgIpc) is 2.98. The number of carbonyl (C=O) groups excluding carboxylic acids is 1. The molecule has 0 saturated heterocycles. The third kappa shape index (κ3) is 3.50. The van der Waals surface area contributed by atoms with E-state index in [1.165, 1.54) is 22.5 Å². The summed E-state index contributed by atoms with van der Waals surface area (Å²) in [5.74, 6) is -0.491. The van der Waals surface area contributed by atoms with E-state index in [0.717, 1.165) is 4.57 Å².